The van der Waals surface area contributed by atoms with Crippen LogP contribution < -0.4 is 9.47 Å². The van der Waals surface area contributed by atoms with Crippen molar-refractivity contribution in [3.63, 3.8) is 0 Å². The van der Waals surface area contributed by atoms with Crippen LogP contribution in [0.2, 0.25) is 0 Å². The molecule has 4 nitrogen and oxygen atoms in total. The van der Waals surface area contributed by atoms with Gasteiger partial charge in [0.15, 0.2) is 0 Å². The molecular weight excluding hydrogens is 332 g/mol. The van der Waals surface area contributed by atoms with Crippen molar-refractivity contribution in [3.05, 3.63) is 53.0 Å². The van der Waals surface area contributed by atoms with E-state index in [9.17, 15) is 5.26 Å². The maximum absolute atomic E-state index is 9.61. The summed E-state index contributed by atoms with van der Waals surface area (Å²) in [4.78, 5) is 4.56. The van der Waals surface area contributed by atoms with Crippen molar-refractivity contribution < 1.29 is 9.47 Å². The monoisotopic (exact) mass is 350 g/mol. The standard InChI is InChI=1S/C20H18N2O2S/c1-3-23-16-10-9-14(18(12-16)24-4-2)11-15(13-21)20-22-17-7-5-6-8-19(17)25-20/h5-12H,3-4H2,1-2H3/b15-11-. The van der Waals surface area contributed by atoms with Gasteiger partial charge in [-0.25, -0.2) is 4.98 Å². The number of nitrogens with zero attached hydrogens (tertiary/aromatic N) is 2. The number of ether oxygens (including phenoxy) is 2. The Labute approximate surface area is 151 Å². The second-order valence-electron chi connectivity index (χ2n) is 5.22. The molecular formula is C20H18N2O2S. The third-order valence-electron chi connectivity index (χ3n) is 3.54. The van der Waals surface area contributed by atoms with Crippen LogP contribution in [0.3, 0.4) is 0 Å². The second-order valence-corrected chi connectivity index (χ2v) is 6.25. The molecule has 25 heavy (non-hydrogen) atoms. The first-order chi connectivity index (χ1) is 12.2. The van der Waals surface area contributed by atoms with E-state index in [2.05, 4.69) is 11.1 Å². The minimum absolute atomic E-state index is 0.520. The zero-order valence-electron chi connectivity index (χ0n) is 14.2. The van der Waals surface area contributed by atoms with Gasteiger partial charge in [-0.2, -0.15) is 5.26 Å². The van der Waals surface area contributed by atoms with E-state index in [4.69, 9.17) is 9.47 Å². The summed E-state index contributed by atoms with van der Waals surface area (Å²) in [6.45, 7) is 5.00. The predicted octanol–water partition coefficient (Wildman–Crippen LogP) is 5.16. The van der Waals surface area contributed by atoms with Gasteiger partial charge in [0.2, 0.25) is 0 Å². The van der Waals surface area contributed by atoms with Crippen LogP contribution in [-0.4, -0.2) is 18.2 Å². The fourth-order valence-corrected chi connectivity index (χ4v) is 3.39. The molecule has 0 fully saturated rings. The predicted molar refractivity (Wildman–Crippen MR) is 102 cm³/mol. The lowest BCUT2D eigenvalue weighted by Gasteiger charge is -2.10. The molecule has 3 aromatic rings. The molecule has 0 atom stereocenters. The number of fused-ring (bicyclic) bond motifs is 1. The summed E-state index contributed by atoms with van der Waals surface area (Å²) in [6, 6.07) is 15.8. The van der Waals surface area contributed by atoms with Gasteiger partial charge in [0, 0.05) is 11.6 Å². The molecule has 2 aromatic carbocycles. The molecule has 0 aliphatic carbocycles. The first-order valence-corrected chi connectivity index (χ1v) is 8.94. The summed E-state index contributed by atoms with van der Waals surface area (Å²) < 4.78 is 12.3. The van der Waals surface area contributed by atoms with Gasteiger partial charge < -0.3 is 9.47 Å². The van der Waals surface area contributed by atoms with Crippen LogP contribution >= 0.6 is 11.3 Å². The third kappa shape index (κ3) is 3.81. The van der Waals surface area contributed by atoms with Crippen molar-refractivity contribution in [2.75, 3.05) is 13.2 Å². The summed E-state index contributed by atoms with van der Waals surface area (Å²) in [7, 11) is 0. The highest BCUT2D eigenvalue weighted by Crippen LogP contribution is 2.31. The molecule has 1 aromatic heterocycles. The van der Waals surface area contributed by atoms with Gasteiger partial charge in [0.25, 0.3) is 0 Å². The Hall–Kier alpha value is -2.84. The molecule has 0 N–H and O–H groups in total. The Bertz CT molecular complexity index is 921. The van der Waals surface area contributed by atoms with Crippen molar-refractivity contribution in [1.29, 1.82) is 5.26 Å². The maximum Gasteiger partial charge on any atom is 0.135 e. The first kappa shape index (κ1) is 17.0. The summed E-state index contributed by atoms with van der Waals surface area (Å²) in [5, 5.41) is 10.3. The van der Waals surface area contributed by atoms with Crippen LogP contribution in [0.25, 0.3) is 21.9 Å². The van der Waals surface area contributed by atoms with Crippen molar-refractivity contribution in [2.45, 2.75) is 13.8 Å². The maximum atomic E-state index is 9.61. The number of benzene rings is 2. The van der Waals surface area contributed by atoms with Crippen molar-refractivity contribution in [3.8, 4) is 17.6 Å². The molecule has 0 bridgehead atoms. The van der Waals surface area contributed by atoms with Crippen LogP contribution in [-0.2, 0) is 0 Å². The second kappa shape index (κ2) is 7.82. The Morgan fingerprint density at radius 3 is 2.68 bits per heavy atom. The van der Waals surface area contributed by atoms with Gasteiger partial charge in [-0.1, -0.05) is 12.1 Å². The lowest BCUT2D eigenvalue weighted by Crippen LogP contribution is -1.97. The first-order valence-electron chi connectivity index (χ1n) is 8.12. The van der Waals surface area contributed by atoms with Crippen LogP contribution in [0.5, 0.6) is 11.5 Å². The molecule has 0 unspecified atom stereocenters. The molecule has 0 spiro atoms. The minimum atomic E-state index is 0.520. The molecule has 0 saturated heterocycles. The van der Waals surface area contributed by atoms with Crippen LogP contribution in [0, 0.1) is 11.3 Å². The number of aromatic nitrogens is 1. The van der Waals surface area contributed by atoms with Gasteiger partial charge in [0.1, 0.15) is 22.6 Å². The molecule has 0 saturated carbocycles. The largest absolute Gasteiger partial charge is 0.494 e. The van der Waals surface area contributed by atoms with Crippen molar-refractivity contribution >= 4 is 33.2 Å². The molecule has 126 valence electrons. The van der Waals surface area contributed by atoms with E-state index in [1.807, 2.05) is 62.4 Å². The number of rotatable bonds is 6. The fraction of sp³-hybridized carbons (Fsp3) is 0.200. The van der Waals surface area contributed by atoms with E-state index in [-0.39, 0.29) is 0 Å². The van der Waals surface area contributed by atoms with E-state index in [0.29, 0.717) is 29.5 Å². The topological polar surface area (TPSA) is 55.1 Å². The highest BCUT2D eigenvalue weighted by molar-refractivity contribution is 7.19. The van der Waals surface area contributed by atoms with Crippen molar-refractivity contribution in [1.82, 2.24) is 4.98 Å². The van der Waals surface area contributed by atoms with E-state index in [1.165, 1.54) is 11.3 Å². The lowest BCUT2D eigenvalue weighted by atomic mass is 10.1. The number of nitriles is 1. The number of para-hydroxylation sites is 1. The average molecular weight is 350 g/mol. The summed E-state index contributed by atoms with van der Waals surface area (Å²) in [5.41, 5.74) is 2.26. The van der Waals surface area contributed by atoms with Crippen molar-refractivity contribution in [2.24, 2.45) is 0 Å². The van der Waals surface area contributed by atoms with Gasteiger partial charge in [-0.05, 0) is 44.2 Å². The Morgan fingerprint density at radius 2 is 1.96 bits per heavy atom. The van der Waals surface area contributed by atoms with E-state index < -0.39 is 0 Å². The van der Waals surface area contributed by atoms with E-state index in [0.717, 1.165) is 21.5 Å². The van der Waals surface area contributed by atoms with Gasteiger partial charge in [0.05, 0.1) is 29.0 Å². The fourth-order valence-electron chi connectivity index (χ4n) is 2.46. The highest BCUT2D eigenvalue weighted by Gasteiger charge is 2.11. The minimum Gasteiger partial charge on any atom is -0.494 e. The Balaban J connectivity index is 2.03. The molecule has 3 rings (SSSR count). The summed E-state index contributed by atoms with van der Waals surface area (Å²) in [5.74, 6) is 1.45. The Kier molecular flexibility index (Phi) is 5.32. The van der Waals surface area contributed by atoms with Gasteiger partial charge >= 0.3 is 0 Å². The van der Waals surface area contributed by atoms with Gasteiger partial charge in [-0.15, -0.1) is 11.3 Å². The number of hydrogen-bond acceptors (Lipinski definition) is 5. The number of thiazole rings is 1. The zero-order valence-corrected chi connectivity index (χ0v) is 15.0. The molecule has 1 heterocycles. The van der Waals surface area contributed by atoms with Crippen LogP contribution in [0.4, 0.5) is 0 Å². The van der Waals surface area contributed by atoms with E-state index >= 15 is 0 Å². The number of allylic oxidation sites excluding steroid dienone is 1. The smallest absolute Gasteiger partial charge is 0.135 e. The SMILES string of the molecule is CCOc1ccc(/C=C(/C#N)c2nc3ccccc3s2)c(OCC)c1. The van der Waals surface area contributed by atoms with Crippen LogP contribution in [0.1, 0.15) is 24.4 Å². The Morgan fingerprint density at radius 1 is 1.16 bits per heavy atom. The lowest BCUT2D eigenvalue weighted by molar-refractivity contribution is 0.322. The van der Waals surface area contributed by atoms with Crippen LogP contribution in [0.15, 0.2) is 42.5 Å². The molecule has 0 aliphatic heterocycles. The highest BCUT2D eigenvalue weighted by atomic mass is 32.1. The normalized spacial score (nSPS) is 11.3. The van der Waals surface area contributed by atoms with E-state index in [1.54, 1.807) is 0 Å². The number of hydrogen-bond donors (Lipinski definition) is 0. The third-order valence-corrected chi connectivity index (χ3v) is 4.61. The molecule has 5 heteroatoms. The average Bonchev–Trinajstić information content (AvgIpc) is 3.05. The summed E-state index contributed by atoms with van der Waals surface area (Å²) >= 11 is 1.51. The zero-order chi connectivity index (χ0) is 17.6. The molecule has 0 amide bonds. The summed E-state index contributed by atoms with van der Waals surface area (Å²) in [6.07, 6.45) is 1.82. The van der Waals surface area contributed by atoms with Gasteiger partial charge in [-0.3, -0.25) is 0 Å². The molecule has 0 radical (unpaired) electrons. The quantitative estimate of drug-likeness (QED) is 0.576. The molecule has 0 aliphatic rings.